The zero-order valence-electron chi connectivity index (χ0n) is 11.7. The number of nitrogens with zero attached hydrogens (tertiary/aromatic N) is 1. The lowest BCUT2D eigenvalue weighted by atomic mass is 10.1. The van der Waals surface area contributed by atoms with Gasteiger partial charge in [0.2, 0.25) is 0 Å². The molecule has 19 heavy (non-hydrogen) atoms. The van der Waals surface area contributed by atoms with Gasteiger partial charge < -0.3 is 9.84 Å². The Kier molecular flexibility index (Phi) is 3.69. The second-order valence-electron chi connectivity index (χ2n) is 4.63. The zero-order chi connectivity index (χ0) is 14.0. The molecule has 2 rings (SSSR count). The number of amides is 1. The van der Waals surface area contributed by atoms with Crippen LogP contribution in [0.3, 0.4) is 0 Å². The van der Waals surface area contributed by atoms with Crippen LogP contribution in [0.25, 0.3) is 0 Å². The van der Waals surface area contributed by atoms with Crippen LogP contribution in [-0.4, -0.2) is 11.1 Å². The number of aromatic nitrogens is 1. The second-order valence-corrected chi connectivity index (χ2v) is 4.63. The van der Waals surface area contributed by atoms with Crippen LogP contribution in [0.4, 0.5) is 5.69 Å². The molecule has 0 spiro atoms. The number of benzene rings is 1. The molecule has 4 heteroatoms. The normalized spacial score (nSPS) is 10.5. The Balaban J connectivity index is 2.34. The molecule has 2 aromatic rings. The molecule has 4 nitrogen and oxygen atoms in total. The van der Waals surface area contributed by atoms with Crippen molar-refractivity contribution < 1.29 is 9.32 Å². The van der Waals surface area contributed by atoms with E-state index in [1.165, 1.54) is 0 Å². The smallest absolute Gasteiger partial charge is 0.261 e. The maximum Gasteiger partial charge on any atom is 0.261 e. The van der Waals surface area contributed by atoms with Crippen molar-refractivity contribution in [2.24, 2.45) is 0 Å². The Hall–Kier alpha value is -2.10. The van der Waals surface area contributed by atoms with E-state index in [1.54, 1.807) is 6.92 Å². The topological polar surface area (TPSA) is 55.1 Å². The second kappa shape index (κ2) is 5.26. The third kappa shape index (κ3) is 2.52. The monoisotopic (exact) mass is 258 g/mol. The van der Waals surface area contributed by atoms with E-state index in [1.807, 2.05) is 39.0 Å². The molecular weight excluding hydrogens is 240 g/mol. The molecule has 0 aliphatic heterocycles. The summed E-state index contributed by atoms with van der Waals surface area (Å²) in [7, 11) is 0. The van der Waals surface area contributed by atoms with Gasteiger partial charge in [-0.25, -0.2) is 0 Å². The molecule has 0 bridgehead atoms. The van der Waals surface area contributed by atoms with Crippen molar-refractivity contribution in [3.05, 3.63) is 46.3 Å². The average molecular weight is 258 g/mol. The first-order valence-electron chi connectivity index (χ1n) is 6.37. The number of anilines is 1. The Morgan fingerprint density at radius 3 is 2.47 bits per heavy atom. The SMILES string of the molecule is CCc1noc(C)c1C(=O)Nc1c(C)cccc1C. The van der Waals surface area contributed by atoms with Gasteiger partial charge in [0.1, 0.15) is 11.3 Å². The van der Waals surface area contributed by atoms with Crippen molar-refractivity contribution in [3.8, 4) is 0 Å². The molecule has 1 aromatic heterocycles. The third-order valence-electron chi connectivity index (χ3n) is 3.22. The molecule has 1 amide bonds. The number of hydrogen-bond acceptors (Lipinski definition) is 3. The Morgan fingerprint density at radius 1 is 1.26 bits per heavy atom. The molecule has 0 saturated heterocycles. The third-order valence-corrected chi connectivity index (χ3v) is 3.22. The first kappa shape index (κ1) is 13.3. The highest BCUT2D eigenvalue weighted by Crippen LogP contribution is 2.22. The summed E-state index contributed by atoms with van der Waals surface area (Å²) >= 11 is 0. The molecule has 0 aliphatic carbocycles. The summed E-state index contributed by atoms with van der Waals surface area (Å²) in [4.78, 5) is 12.4. The van der Waals surface area contributed by atoms with Crippen LogP contribution in [0.15, 0.2) is 22.7 Å². The van der Waals surface area contributed by atoms with E-state index in [2.05, 4.69) is 10.5 Å². The van der Waals surface area contributed by atoms with Gasteiger partial charge in [-0.2, -0.15) is 0 Å². The molecule has 0 aliphatic rings. The molecule has 0 saturated carbocycles. The molecule has 1 heterocycles. The Bertz CT molecular complexity index is 594. The van der Waals surface area contributed by atoms with Crippen molar-refractivity contribution in [2.75, 3.05) is 5.32 Å². The quantitative estimate of drug-likeness (QED) is 0.917. The lowest BCUT2D eigenvalue weighted by molar-refractivity contribution is 0.102. The number of hydrogen-bond donors (Lipinski definition) is 1. The summed E-state index contributed by atoms with van der Waals surface area (Å²) in [5.74, 6) is 0.397. The van der Waals surface area contributed by atoms with E-state index < -0.39 is 0 Å². The standard InChI is InChI=1S/C15H18N2O2/c1-5-12-13(11(4)19-17-12)15(18)16-14-9(2)7-6-8-10(14)3/h6-8H,5H2,1-4H3,(H,16,18). The number of para-hydroxylation sites is 1. The number of nitrogens with one attached hydrogen (secondary N) is 1. The number of carbonyl (C=O) groups excluding carboxylic acids is 1. The fourth-order valence-corrected chi connectivity index (χ4v) is 2.14. The van der Waals surface area contributed by atoms with Gasteiger partial charge in [-0.3, -0.25) is 4.79 Å². The molecule has 0 atom stereocenters. The van der Waals surface area contributed by atoms with E-state index in [4.69, 9.17) is 4.52 Å². The van der Waals surface area contributed by atoms with Gasteiger partial charge in [0, 0.05) is 5.69 Å². The van der Waals surface area contributed by atoms with Crippen LogP contribution in [0.2, 0.25) is 0 Å². The molecule has 1 N–H and O–H groups in total. The molecule has 1 aromatic carbocycles. The predicted molar refractivity (Wildman–Crippen MR) is 74.5 cm³/mol. The minimum absolute atomic E-state index is 0.159. The minimum atomic E-state index is -0.159. The summed E-state index contributed by atoms with van der Waals surface area (Å²) in [5, 5.41) is 6.86. The lowest BCUT2D eigenvalue weighted by Gasteiger charge is -2.11. The van der Waals surface area contributed by atoms with Crippen LogP contribution in [0.5, 0.6) is 0 Å². The Labute approximate surface area is 112 Å². The average Bonchev–Trinajstić information content (AvgIpc) is 2.75. The molecular formula is C15H18N2O2. The van der Waals surface area contributed by atoms with Crippen molar-refractivity contribution in [3.63, 3.8) is 0 Å². The van der Waals surface area contributed by atoms with E-state index in [0.717, 1.165) is 16.8 Å². The van der Waals surface area contributed by atoms with Crippen molar-refractivity contribution in [1.29, 1.82) is 0 Å². The van der Waals surface area contributed by atoms with Gasteiger partial charge >= 0.3 is 0 Å². The van der Waals surface area contributed by atoms with E-state index in [-0.39, 0.29) is 5.91 Å². The van der Waals surface area contributed by atoms with Crippen LogP contribution in [0.1, 0.15) is 39.9 Å². The predicted octanol–water partition coefficient (Wildman–Crippen LogP) is 3.41. The van der Waals surface area contributed by atoms with Crippen LogP contribution in [0, 0.1) is 20.8 Å². The molecule has 0 radical (unpaired) electrons. The van der Waals surface area contributed by atoms with E-state index in [9.17, 15) is 4.79 Å². The zero-order valence-corrected chi connectivity index (χ0v) is 11.7. The summed E-state index contributed by atoms with van der Waals surface area (Å²) in [6, 6.07) is 5.93. The maximum atomic E-state index is 12.4. The highest BCUT2D eigenvalue weighted by atomic mass is 16.5. The highest BCUT2D eigenvalue weighted by Gasteiger charge is 2.20. The fourth-order valence-electron chi connectivity index (χ4n) is 2.14. The van der Waals surface area contributed by atoms with Gasteiger partial charge in [-0.15, -0.1) is 0 Å². The van der Waals surface area contributed by atoms with Gasteiger partial charge in [-0.1, -0.05) is 30.3 Å². The number of rotatable bonds is 3. The van der Waals surface area contributed by atoms with Gasteiger partial charge in [0.25, 0.3) is 5.91 Å². The van der Waals surface area contributed by atoms with Gasteiger partial charge in [-0.05, 0) is 38.3 Å². The molecule has 100 valence electrons. The summed E-state index contributed by atoms with van der Waals surface area (Å²) in [5.41, 5.74) is 4.18. The van der Waals surface area contributed by atoms with Crippen LogP contribution >= 0.6 is 0 Å². The number of carbonyl (C=O) groups is 1. The van der Waals surface area contributed by atoms with Crippen molar-refractivity contribution in [2.45, 2.75) is 34.1 Å². The fraction of sp³-hybridized carbons (Fsp3) is 0.333. The van der Waals surface area contributed by atoms with Crippen molar-refractivity contribution >= 4 is 11.6 Å². The maximum absolute atomic E-state index is 12.4. The van der Waals surface area contributed by atoms with E-state index >= 15 is 0 Å². The summed E-state index contributed by atoms with van der Waals surface area (Å²) in [6.45, 7) is 7.66. The van der Waals surface area contributed by atoms with E-state index in [0.29, 0.717) is 23.4 Å². The molecule has 0 fully saturated rings. The highest BCUT2D eigenvalue weighted by molar-refractivity contribution is 6.06. The first-order chi connectivity index (χ1) is 9.04. The Morgan fingerprint density at radius 2 is 1.89 bits per heavy atom. The molecule has 0 unspecified atom stereocenters. The minimum Gasteiger partial charge on any atom is -0.361 e. The first-order valence-corrected chi connectivity index (χ1v) is 6.37. The summed E-state index contributed by atoms with van der Waals surface area (Å²) in [6.07, 6.45) is 0.673. The van der Waals surface area contributed by atoms with Gasteiger partial charge in [0.05, 0.1) is 5.69 Å². The van der Waals surface area contributed by atoms with Crippen LogP contribution in [-0.2, 0) is 6.42 Å². The van der Waals surface area contributed by atoms with Crippen molar-refractivity contribution in [1.82, 2.24) is 5.16 Å². The largest absolute Gasteiger partial charge is 0.361 e. The lowest BCUT2D eigenvalue weighted by Crippen LogP contribution is -2.15. The van der Waals surface area contributed by atoms with Gasteiger partial charge in [0.15, 0.2) is 0 Å². The van der Waals surface area contributed by atoms with Crippen LogP contribution < -0.4 is 5.32 Å². The summed E-state index contributed by atoms with van der Waals surface area (Å²) < 4.78 is 5.10. The number of aryl methyl sites for hydroxylation is 4.